The first-order valence-corrected chi connectivity index (χ1v) is 38.4. The number of ether oxygens (including phenoxy) is 10. The van der Waals surface area contributed by atoms with Gasteiger partial charge in [0, 0.05) is 12.8 Å². The molecule has 0 radical (unpaired) electrons. The van der Waals surface area contributed by atoms with Crippen molar-refractivity contribution in [1.29, 1.82) is 0 Å². The van der Waals surface area contributed by atoms with Gasteiger partial charge in [-0.15, -0.1) is 0 Å². The molecule has 28 atom stereocenters. The van der Waals surface area contributed by atoms with Gasteiger partial charge in [-0.1, -0.05) is 181 Å². The molecule has 4 aliphatic heterocycles. The monoisotopic (exact) mass is 1490 g/mol. The molecular weight excluding hydrogens is 1360 g/mol. The second kappa shape index (κ2) is 47.8. The SMILES string of the molecule is CCCCCCCCCCCCCCCCCC(=O)O[C@H](COC(=O)CCCCCCCCCCCCCCC)COP(=O)(O)O[C@@H]1C(O[C@@H]2OC(CO[C@@H]3OC(CO[C@@H]4OC(CO)[C@H](O)C(O)[C@@H]4O)[C@H](O)C(O)[C@@H]3O)[C@H](O)C(O)[C@@H]2O)C(O)[C@@H](O)C(O)[C@H]1O[C@H]1OC(CO)[C@@H](O)C(O)[C@H]1O. The highest BCUT2D eigenvalue weighted by Gasteiger charge is 2.59. The number of aliphatic hydroxyl groups excluding tert-OH is 17. The van der Waals surface area contributed by atoms with Crippen LogP contribution < -0.4 is 0 Å². The van der Waals surface area contributed by atoms with Gasteiger partial charge in [-0.25, -0.2) is 4.57 Å². The zero-order chi connectivity index (χ0) is 74.2. The summed E-state index contributed by atoms with van der Waals surface area (Å²) >= 11 is 0. The fourth-order valence-electron chi connectivity index (χ4n) is 12.9. The Morgan fingerprint density at radius 2 is 0.653 bits per heavy atom. The van der Waals surface area contributed by atoms with Gasteiger partial charge < -0.3 is 139 Å². The van der Waals surface area contributed by atoms with Gasteiger partial charge in [-0.05, 0) is 12.8 Å². The van der Waals surface area contributed by atoms with Crippen LogP contribution in [0.4, 0.5) is 0 Å². The van der Waals surface area contributed by atoms with Crippen LogP contribution in [0.15, 0.2) is 0 Å². The van der Waals surface area contributed by atoms with E-state index in [0.29, 0.717) is 19.3 Å². The molecule has 4 heterocycles. The summed E-state index contributed by atoms with van der Waals surface area (Å²) in [6, 6.07) is 0. The van der Waals surface area contributed by atoms with Crippen LogP contribution >= 0.6 is 7.82 Å². The number of aliphatic hydroxyl groups is 17. The minimum atomic E-state index is -5.81. The van der Waals surface area contributed by atoms with Gasteiger partial charge in [0.1, 0.15) is 141 Å². The first-order valence-electron chi connectivity index (χ1n) is 36.9. The van der Waals surface area contributed by atoms with Crippen molar-refractivity contribution in [2.45, 2.75) is 372 Å². The van der Waals surface area contributed by atoms with E-state index in [1.165, 1.54) is 96.3 Å². The van der Waals surface area contributed by atoms with Crippen LogP contribution in [-0.4, -0.2) is 309 Å². The van der Waals surface area contributed by atoms with Gasteiger partial charge in [0.15, 0.2) is 31.3 Å². The Morgan fingerprint density at radius 1 is 0.356 bits per heavy atom. The first-order chi connectivity index (χ1) is 48.3. The van der Waals surface area contributed by atoms with Crippen molar-refractivity contribution >= 4 is 19.8 Å². The molecule has 33 nitrogen and oxygen atoms in total. The second-order valence-corrected chi connectivity index (χ2v) is 29.0. The molecule has 1 aliphatic carbocycles. The number of esters is 2. The van der Waals surface area contributed by atoms with Crippen LogP contribution in [0.5, 0.6) is 0 Å². The lowest BCUT2D eigenvalue weighted by Crippen LogP contribution is -2.69. The summed E-state index contributed by atoms with van der Waals surface area (Å²) in [7, 11) is -5.81. The lowest BCUT2D eigenvalue weighted by atomic mass is 9.84. The normalized spacial score (nSPS) is 36.4. The summed E-state index contributed by atoms with van der Waals surface area (Å²) in [5.41, 5.74) is 0. The third kappa shape index (κ3) is 29.2. The predicted octanol–water partition coefficient (Wildman–Crippen LogP) is -0.199. The molecule has 5 aliphatic rings. The number of hydrogen-bond acceptors (Lipinski definition) is 32. The summed E-state index contributed by atoms with van der Waals surface area (Å²) in [5.74, 6) is -1.44. The third-order valence-corrected chi connectivity index (χ3v) is 20.3. The molecule has 0 aromatic rings. The molecule has 0 bridgehead atoms. The van der Waals surface area contributed by atoms with Gasteiger partial charge in [0.2, 0.25) is 0 Å². The molecule has 4 saturated heterocycles. The lowest BCUT2D eigenvalue weighted by molar-refractivity contribution is -0.365. The fourth-order valence-corrected chi connectivity index (χ4v) is 13.9. The van der Waals surface area contributed by atoms with E-state index < -0.39 is 225 Å². The van der Waals surface area contributed by atoms with Crippen molar-refractivity contribution in [2.75, 3.05) is 39.6 Å². The molecule has 1 saturated carbocycles. The maximum absolute atomic E-state index is 14.4. The second-order valence-electron chi connectivity index (χ2n) is 27.6. The number of hydrogen-bond donors (Lipinski definition) is 18. The Kier molecular flexibility index (Phi) is 42.4. The molecule has 0 aromatic carbocycles. The minimum Gasteiger partial charge on any atom is -0.462 e. The number of rotatable bonds is 50. The largest absolute Gasteiger partial charge is 0.472 e. The van der Waals surface area contributed by atoms with E-state index in [1.54, 1.807) is 0 Å². The molecule has 594 valence electrons. The molecule has 5 rings (SSSR count). The Labute approximate surface area is 591 Å². The molecule has 5 fully saturated rings. The molecule has 0 spiro atoms. The van der Waals surface area contributed by atoms with Crippen LogP contribution in [-0.2, 0) is 70.6 Å². The van der Waals surface area contributed by atoms with Gasteiger partial charge in [0.25, 0.3) is 0 Å². The molecule has 0 aromatic heterocycles. The Bertz CT molecular complexity index is 2270. The fraction of sp³-hybridized carbons (Fsp3) is 0.970. The van der Waals surface area contributed by atoms with Crippen molar-refractivity contribution in [3.05, 3.63) is 0 Å². The molecule has 18 N–H and O–H groups in total. The Hall–Kier alpha value is -1.95. The van der Waals surface area contributed by atoms with E-state index in [0.717, 1.165) is 64.2 Å². The van der Waals surface area contributed by atoms with Crippen LogP contribution in [0, 0.1) is 0 Å². The summed E-state index contributed by atoms with van der Waals surface area (Å²) in [4.78, 5) is 38.2. The zero-order valence-corrected chi connectivity index (χ0v) is 59.6. The average Bonchev–Trinajstić information content (AvgIpc) is 0.761. The molecule has 0 amide bonds. The summed E-state index contributed by atoms with van der Waals surface area (Å²) < 4.78 is 81.4. The molecular formula is C67H123O33P. The highest BCUT2D eigenvalue weighted by atomic mass is 31.2. The van der Waals surface area contributed by atoms with E-state index >= 15 is 0 Å². The Morgan fingerprint density at radius 3 is 1.02 bits per heavy atom. The van der Waals surface area contributed by atoms with Crippen LogP contribution in [0.25, 0.3) is 0 Å². The van der Waals surface area contributed by atoms with E-state index in [1.807, 2.05) is 0 Å². The van der Waals surface area contributed by atoms with E-state index in [2.05, 4.69) is 13.8 Å². The van der Waals surface area contributed by atoms with E-state index in [9.17, 15) is 106 Å². The molecule has 12 unspecified atom stereocenters. The third-order valence-electron chi connectivity index (χ3n) is 19.4. The summed E-state index contributed by atoms with van der Waals surface area (Å²) in [6.45, 7) is -0.890. The summed E-state index contributed by atoms with van der Waals surface area (Å²) in [5, 5.41) is 183. The molecule has 34 heteroatoms. The van der Waals surface area contributed by atoms with E-state index in [-0.39, 0.29) is 12.8 Å². The van der Waals surface area contributed by atoms with Crippen molar-refractivity contribution in [1.82, 2.24) is 0 Å². The average molecular weight is 1490 g/mol. The number of phosphoric acid groups is 1. The maximum Gasteiger partial charge on any atom is 0.472 e. The highest BCUT2D eigenvalue weighted by molar-refractivity contribution is 7.47. The van der Waals surface area contributed by atoms with Crippen molar-refractivity contribution in [2.24, 2.45) is 0 Å². The van der Waals surface area contributed by atoms with Gasteiger partial charge in [-0.3, -0.25) is 18.6 Å². The zero-order valence-electron chi connectivity index (χ0n) is 58.7. The summed E-state index contributed by atoms with van der Waals surface area (Å²) in [6.07, 6.45) is -25.8. The van der Waals surface area contributed by atoms with Gasteiger partial charge >= 0.3 is 19.8 Å². The number of unbranched alkanes of at least 4 members (excludes halogenated alkanes) is 26. The van der Waals surface area contributed by atoms with Gasteiger partial charge in [-0.2, -0.15) is 0 Å². The number of carbonyl (C=O) groups excluding carboxylic acids is 2. The van der Waals surface area contributed by atoms with Gasteiger partial charge in [0.05, 0.1) is 33.0 Å². The number of phosphoric ester groups is 1. The van der Waals surface area contributed by atoms with Crippen molar-refractivity contribution in [3.8, 4) is 0 Å². The minimum absolute atomic E-state index is 0.00151. The quantitative estimate of drug-likeness (QED) is 0.0213. The van der Waals surface area contributed by atoms with Crippen LogP contribution in [0.3, 0.4) is 0 Å². The lowest BCUT2D eigenvalue weighted by Gasteiger charge is -2.49. The smallest absolute Gasteiger partial charge is 0.462 e. The number of carbonyl (C=O) groups is 2. The van der Waals surface area contributed by atoms with Crippen LogP contribution in [0.1, 0.15) is 206 Å². The van der Waals surface area contributed by atoms with Crippen LogP contribution in [0.2, 0.25) is 0 Å². The van der Waals surface area contributed by atoms with Crippen molar-refractivity contribution < 1.29 is 162 Å². The predicted molar refractivity (Wildman–Crippen MR) is 352 cm³/mol. The maximum atomic E-state index is 14.4. The van der Waals surface area contributed by atoms with Crippen molar-refractivity contribution in [3.63, 3.8) is 0 Å². The topological polar surface area (TPSA) is 526 Å². The molecule has 101 heavy (non-hydrogen) atoms. The Balaban J connectivity index is 1.29. The van der Waals surface area contributed by atoms with E-state index in [4.69, 9.17) is 56.4 Å². The first kappa shape index (κ1) is 89.7. The standard InChI is InChI=1S/C67H123O33P/c1-3-5-7-9-11-13-15-17-18-20-22-24-26-28-30-32-45(71)93-39(35-89-44(70)31-29-27-25-23-21-19-16-14-12-10-8-6-4-2)36-92-101(87,88)100-63-61(98-66-59(85)51(77)47(73)41(34-69)95-66)55(81)54(80)56(82)62(63)99-67-60(86)53(79)49(75)43(97-67)38-91-65-58(84)52(78)48(74)42(96-65)37-90-64-57(83)50(76)46(72)40(33-68)94-64/h39-43,46-69,72-86H,3-38H2,1-2H3,(H,87,88)/t39-,40?,41?,42?,43?,46+,47-,48+,49+,50?,51?,52?,53?,54+,55?,56?,57+,58+,59-,60+,61-,62?,63+,64-,65-,66-,67+/m1/s1. The highest BCUT2D eigenvalue weighted by Crippen LogP contribution is 2.49.